The third kappa shape index (κ3) is 4.07. The van der Waals surface area contributed by atoms with Crippen LogP contribution in [-0.2, 0) is 4.74 Å². The van der Waals surface area contributed by atoms with E-state index in [-0.39, 0.29) is 12.5 Å². The van der Waals surface area contributed by atoms with Crippen LogP contribution in [0, 0.1) is 18.8 Å². The van der Waals surface area contributed by atoms with Crippen molar-refractivity contribution in [1.29, 1.82) is 0 Å². The molecular weight excluding hydrogens is 266 g/mol. The number of hydrogen-bond acceptors (Lipinski definition) is 3. The highest BCUT2D eigenvalue weighted by Crippen LogP contribution is 2.28. The number of benzene rings is 1. The molecule has 0 spiro atoms. The van der Waals surface area contributed by atoms with Crippen LogP contribution in [0.3, 0.4) is 0 Å². The van der Waals surface area contributed by atoms with Gasteiger partial charge in [0, 0.05) is 25.3 Å². The summed E-state index contributed by atoms with van der Waals surface area (Å²) in [4.78, 5) is 14.7. The average molecular weight is 287 g/mol. The summed E-state index contributed by atoms with van der Waals surface area (Å²) in [7, 11) is 1.64. The number of amides is 1. The summed E-state index contributed by atoms with van der Waals surface area (Å²) in [6.07, 6.45) is 2.11. The predicted octanol–water partition coefficient (Wildman–Crippen LogP) is 1.59. The number of aliphatic hydroxyl groups is 1. The average Bonchev–Trinajstić information content (AvgIpc) is 3.31. The van der Waals surface area contributed by atoms with Gasteiger partial charge in [0.25, 0.3) is 5.91 Å². The van der Waals surface area contributed by atoms with Gasteiger partial charge in [0.2, 0.25) is 0 Å². The van der Waals surface area contributed by atoms with Crippen molar-refractivity contribution in [3.05, 3.63) is 34.9 Å². The fourth-order valence-electron chi connectivity index (χ4n) is 2.26. The normalized spacial score (nSPS) is 13.5. The van der Waals surface area contributed by atoms with Gasteiger partial charge in [0.05, 0.1) is 12.2 Å². The number of rotatable bonds is 5. The number of carbonyl (C=O) groups is 1. The van der Waals surface area contributed by atoms with E-state index in [1.807, 2.05) is 30.0 Å². The summed E-state index contributed by atoms with van der Waals surface area (Å²) in [6.45, 7) is 2.88. The van der Waals surface area contributed by atoms with Crippen molar-refractivity contribution in [2.45, 2.75) is 25.8 Å². The van der Waals surface area contributed by atoms with Crippen LogP contribution in [0.1, 0.15) is 34.3 Å². The Morgan fingerprint density at radius 1 is 1.48 bits per heavy atom. The second-order valence-corrected chi connectivity index (χ2v) is 5.23. The molecule has 0 bridgehead atoms. The molecule has 0 aromatic heterocycles. The highest BCUT2D eigenvalue weighted by molar-refractivity contribution is 5.97. The van der Waals surface area contributed by atoms with Crippen molar-refractivity contribution < 1.29 is 14.6 Å². The number of hydrogen-bond donors (Lipinski definition) is 1. The van der Waals surface area contributed by atoms with E-state index in [0.717, 1.165) is 18.4 Å². The van der Waals surface area contributed by atoms with Crippen LogP contribution in [0.5, 0.6) is 0 Å². The van der Waals surface area contributed by atoms with E-state index in [9.17, 15) is 4.79 Å². The molecule has 1 saturated carbocycles. The first kappa shape index (κ1) is 15.6. The van der Waals surface area contributed by atoms with Crippen LogP contribution in [0.25, 0.3) is 0 Å². The van der Waals surface area contributed by atoms with E-state index in [1.165, 1.54) is 0 Å². The van der Waals surface area contributed by atoms with Gasteiger partial charge in [-0.25, -0.2) is 0 Å². The molecule has 0 unspecified atom stereocenters. The summed E-state index contributed by atoms with van der Waals surface area (Å²) in [5.41, 5.74) is 2.30. The first-order valence-electron chi connectivity index (χ1n) is 7.17. The third-order valence-electron chi connectivity index (χ3n) is 3.49. The molecule has 4 nitrogen and oxygen atoms in total. The molecule has 0 saturated heterocycles. The van der Waals surface area contributed by atoms with Crippen molar-refractivity contribution >= 4 is 5.91 Å². The number of carbonyl (C=O) groups excluding carboxylic acids is 1. The first-order chi connectivity index (χ1) is 10.2. The van der Waals surface area contributed by atoms with Gasteiger partial charge in [-0.15, -0.1) is 0 Å². The van der Waals surface area contributed by atoms with Crippen molar-refractivity contribution in [1.82, 2.24) is 4.90 Å². The summed E-state index contributed by atoms with van der Waals surface area (Å²) in [5, 5.41) is 8.85. The smallest absolute Gasteiger partial charge is 0.255 e. The highest BCUT2D eigenvalue weighted by atomic mass is 16.5. The lowest BCUT2D eigenvalue weighted by Crippen LogP contribution is -2.36. The van der Waals surface area contributed by atoms with Gasteiger partial charge >= 0.3 is 0 Å². The molecular formula is C17H21NO3. The second-order valence-electron chi connectivity index (χ2n) is 5.23. The Balaban J connectivity index is 2.29. The number of aliphatic hydroxyl groups excluding tert-OH is 1. The quantitative estimate of drug-likeness (QED) is 0.837. The van der Waals surface area contributed by atoms with Gasteiger partial charge < -0.3 is 14.7 Å². The minimum atomic E-state index is -0.211. The number of ether oxygens (including phenoxy) is 1. The zero-order chi connectivity index (χ0) is 15.2. The fourth-order valence-corrected chi connectivity index (χ4v) is 2.26. The molecule has 0 radical (unpaired) electrons. The van der Waals surface area contributed by atoms with Crippen molar-refractivity contribution in [2.75, 3.05) is 26.9 Å². The van der Waals surface area contributed by atoms with Gasteiger partial charge in [-0.05, 0) is 31.9 Å². The topological polar surface area (TPSA) is 49.8 Å². The van der Waals surface area contributed by atoms with Crippen LogP contribution in [0.2, 0.25) is 0 Å². The molecule has 2 rings (SSSR count). The number of aryl methyl sites for hydroxylation is 1. The van der Waals surface area contributed by atoms with Crippen LogP contribution in [-0.4, -0.2) is 48.8 Å². The lowest BCUT2D eigenvalue weighted by Gasteiger charge is -2.23. The first-order valence-corrected chi connectivity index (χ1v) is 7.17. The van der Waals surface area contributed by atoms with Gasteiger partial charge in [-0.1, -0.05) is 23.5 Å². The van der Waals surface area contributed by atoms with E-state index in [0.29, 0.717) is 30.3 Å². The molecule has 0 atom stereocenters. The van der Waals surface area contributed by atoms with Crippen molar-refractivity contribution in [2.24, 2.45) is 0 Å². The molecule has 1 aromatic carbocycles. The molecule has 1 aromatic rings. The summed E-state index contributed by atoms with van der Waals surface area (Å²) < 4.78 is 5.10. The Bertz CT molecular complexity index is 567. The SMILES string of the molecule is COCCN(C(=O)c1cc(C)ccc1C#CCO)C1CC1. The van der Waals surface area contributed by atoms with E-state index in [2.05, 4.69) is 11.8 Å². The van der Waals surface area contributed by atoms with Gasteiger partial charge in [0.15, 0.2) is 0 Å². The minimum absolute atomic E-state index is 0.000454. The van der Waals surface area contributed by atoms with Gasteiger partial charge in [0.1, 0.15) is 6.61 Å². The Hall–Kier alpha value is -1.83. The molecule has 1 fully saturated rings. The predicted molar refractivity (Wildman–Crippen MR) is 81.1 cm³/mol. The summed E-state index contributed by atoms with van der Waals surface area (Å²) in [5.74, 6) is 5.48. The lowest BCUT2D eigenvalue weighted by molar-refractivity contribution is 0.0680. The zero-order valence-corrected chi connectivity index (χ0v) is 12.6. The molecule has 1 N–H and O–H groups in total. The van der Waals surface area contributed by atoms with Crippen molar-refractivity contribution in [3.8, 4) is 11.8 Å². The number of nitrogens with zero attached hydrogens (tertiary/aromatic N) is 1. The monoisotopic (exact) mass is 287 g/mol. The Morgan fingerprint density at radius 3 is 2.86 bits per heavy atom. The highest BCUT2D eigenvalue weighted by Gasteiger charge is 2.33. The number of methoxy groups -OCH3 is 1. The zero-order valence-electron chi connectivity index (χ0n) is 12.6. The maximum Gasteiger partial charge on any atom is 0.255 e. The molecule has 21 heavy (non-hydrogen) atoms. The van der Waals surface area contributed by atoms with E-state index in [1.54, 1.807) is 7.11 Å². The molecule has 1 amide bonds. The minimum Gasteiger partial charge on any atom is -0.384 e. The largest absolute Gasteiger partial charge is 0.384 e. The standard InChI is InChI=1S/C17H21NO3/c1-13-5-6-14(4-3-10-19)16(12-13)17(20)18(9-11-21-2)15-7-8-15/h5-6,12,15,19H,7-11H2,1-2H3. The summed E-state index contributed by atoms with van der Waals surface area (Å²) >= 11 is 0. The molecule has 1 aliphatic rings. The van der Waals surface area contributed by atoms with Crippen LogP contribution < -0.4 is 0 Å². The van der Waals surface area contributed by atoms with E-state index >= 15 is 0 Å². The molecule has 0 heterocycles. The van der Waals surface area contributed by atoms with Gasteiger partial charge in [-0.3, -0.25) is 4.79 Å². The maximum atomic E-state index is 12.8. The summed E-state index contributed by atoms with van der Waals surface area (Å²) in [6, 6.07) is 5.96. The van der Waals surface area contributed by atoms with Crippen LogP contribution in [0.15, 0.2) is 18.2 Å². The molecule has 1 aliphatic carbocycles. The Morgan fingerprint density at radius 2 is 2.24 bits per heavy atom. The van der Waals surface area contributed by atoms with Crippen molar-refractivity contribution in [3.63, 3.8) is 0 Å². The Labute approximate surface area is 125 Å². The molecule has 112 valence electrons. The van der Waals surface area contributed by atoms with Crippen LogP contribution >= 0.6 is 0 Å². The fraction of sp³-hybridized carbons (Fsp3) is 0.471. The molecule has 4 heteroatoms. The second kappa shape index (κ2) is 7.26. The lowest BCUT2D eigenvalue weighted by atomic mass is 10.0. The Kier molecular flexibility index (Phi) is 5.38. The van der Waals surface area contributed by atoms with E-state index in [4.69, 9.17) is 9.84 Å². The molecule has 0 aliphatic heterocycles. The van der Waals surface area contributed by atoms with E-state index < -0.39 is 0 Å². The third-order valence-corrected chi connectivity index (χ3v) is 3.49. The maximum absolute atomic E-state index is 12.8. The van der Waals surface area contributed by atoms with Crippen LogP contribution in [0.4, 0.5) is 0 Å². The van der Waals surface area contributed by atoms with Gasteiger partial charge in [-0.2, -0.15) is 0 Å².